The van der Waals surface area contributed by atoms with Crippen molar-refractivity contribution in [3.8, 4) is 0 Å². The van der Waals surface area contributed by atoms with E-state index in [2.05, 4.69) is 5.32 Å². The van der Waals surface area contributed by atoms with Gasteiger partial charge in [0.25, 0.3) is 5.91 Å². The van der Waals surface area contributed by atoms with Crippen LogP contribution in [0.5, 0.6) is 0 Å². The molecule has 0 bridgehead atoms. The molecule has 21 heavy (non-hydrogen) atoms. The molecule has 5 heteroatoms. The number of rotatable bonds is 4. The van der Waals surface area contributed by atoms with Crippen LogP contribution in [0.1, 0.15) is 36.0 Å². The predicted molar refractivity (Wildman–Crippen MR) is 76.2 cm³/mol. The summed E-state index contributed by atoms with van der Waals surface area (Å²) in [5.74, 6) is -0.260. The highest BCUT2D eigenvalue weighted by molar-refractivity contribution is 5.94. The van der Waals surface area contributed by atoms with Gasteiger partial charge < -0.3 is 10.2 Å². The summed E-state index contributed by atoms with van der Waals surface area (Å²) < 4.78 is 13.2. The van der Waals surface area contributed by atoms with Crippen molar-refractivity contribution < 1.29 is 14.0 Å². The maximum absolute atomic E-state index is 13.2. The van der Waals surface area contributed by atoms with Crippen LogP contribution in [0, 0.1) is 11.7 Å². The molecule has 1 saturated heterocycles. The van der Waals surface area contributed by atoms with Crippen LogP contribution in [0.4, 0.5) is 4.39 Å². The number of hydrogen-bond acceptors (Lipinski definition) is 2. The summed E-state index contributed by atoms with van der Waals surface area (Å²) in [4.78, 5) is 25.8. The second-order valence-electron chi connectivity index (χ2n) is 5.96. The van der Waals surface area contributed by atoms with E-state index >= 15 is 0 Å². The SMILES string of the molecule is O=C(CC1CCN(C(=O)c2cccc(F)c2)C1)NC1CC1. The van der Waals surface area contributed by atoms with Gasteiger partial charge in [-0.15, -0.1) is 0 Å². The minimum atomic E-state index is -0.402. The lowest BCUT2D eigenvalue weighted by Gasteiger charge is -2.16. The maximum atomic E-state index is 13.2. The molecule has 1 unspecified atom stereocenters. The molecule has 1 saturated carbocycles. The number of benzene rings is 1. The molecule has 0 spiro atoms. The van der Waals surface area contributed by atoms with Gasteiger partial charge in [-0.1, -0.05) is 6.07 Å². The zero-order valence-corrected chi connectivity index (χ0v) is 11.8. The van der Waals surface area contributed by atoms with Gasteiger partial charge in [-0.05, 0) is 43.4 Å². The number of amides is 2. The molecule has 4 nitrogen and oxygen atoms in total. The third kappa shape index (κ3) is 3.60. The van der Waals surface area contributed by atoms with E-state index < -0.39 is 5.82 Å². The van der Waals surface area contributed by atoms with Crippen LogP contribution >= 0.6 is 0 Å². The highest BCUT2D eigenvalue weighted by Crippen LogP contribution is 2.23. The average molecular weight is 290 g/mol. The molecule has 3 rings (SSSR count). The molecule has 0 radical (unpaired) electrons. The first kappa shape index (κ1) is 14.0. The fourth-order valence-electron chi connectivity index (χ4n) is 2.76. The van der Waals surface area contributed by atoms with E-state index in [-0.39, 0.29) is 17.7 Å². The third-order valence-electron chi connectivity index (χ3n) is 4.06. The van der Waals surface area contributed by atoms with Crippen LogP contribution < -0.4 is 5.32 Å². The van der Waals surface area contributed by atoms with Crippen LogP contribution in [0.25, 0.3) is 0 Å². The van der Waals surface area contributed by atoms with E-state index in [0.717, 1.165) is 19.3 Å². The molecule has 2 fully saturated rings. The molecule has 1 aliphatic carbocycles. The van der Waals surface area contributed by atoms with Crippen molar-refractivity contribution in [3.63, 3.8) is 0 Å². The number of nitrogens with one attached hydrogen (secondary N) is 1. The van der Waals surface area contributed by atoms with E-state index in [0.29, 0.717) is 31.1 Å². The topological polar surface area (TPSA) is 49.4 Å². The smallest absolute Gasteiger partial charge is 0.253 e. The average Bonchev–Trinajstić information content (AvgIpc) is 3.14. The van der Waals surface area contributed by atoms with Crippen molar-refractivity contribution in [2.75, 3.05) is 13.1 Å². The van der Waals surface area contributed by atoms with Crippen molar-refractivity contribution >= 4 is 11.8 Å². The van der Waals surface area contributed by atoms with E-state index in [1.807, 2.05) is 0 Å². The minimum Gasteiger partial charge on any atom is -0.353 e. The first-order chi connectivity index (χ1) is 10.1. The van der Waals surface area contributed by atoms with Crippen molar-refractivity contribution in [2.45, 2.75) is 31.7 Å². The van der Waals surface area contributed by atoms with Gasteiger partial charge in [0.1, 0.15) is 5.82 Å². The zero-order chi connectivity index (χ0) is 14.8. The number of halogens is 1. The Kier molecular flexibility index (Phi) is 3.90. The number of carbonyl (C=O) groups excluding carboxylic acids is 2. The van der Waals surface area contributed by atoms with Crippen molar-refractivity contribution in [1.82, 2.24) is 10.2 Å². The molecule has 112 valence electrons. The Bertz CT molecular complexity index is 557. The van der Waals surface area contributed by atoms with E-state index in [1.165, 1.54) is 12.1 Å². The highest BCUT2D eigenvalue weighted by atomic mass is 19.1. The van der Waals surface area contributed by atoms with Gasteiger partial charge in [-0.25, -0.2) is 4.39 Å². The summed E-state index contributed by atoms with van der Waals surface area (Å²) in [6.07, 6.45) is 3.48. The van der Waals surface area contributed by atoms with Crippen LogP contribution in [-0.2, 0) is 4.79 Å². The fraction of sp³-hybridized carbons (Fsp3) is 0.500. The van der Waals surface area contributed by atoms with E-state index in [4.69, 9.17) is 0 Å². The predicted octanol–water partition coefficient (Wildman–Crippen LogP) is 1.96. The van der Waals surface area contributed by atoms with E-state index in [1.54, 1.807) is 17.0 Å². The van der Waals surface area contributed by atoms with Gasteiger partial charge in [0.15, 0.2) is 0 Å². The quantitative estimate of drug-likeness (QED) is 0.921. The van der Waals surface area contributed by atoms with Crippen molar-refractivity contribution in [2.24, 2.45) is 5.92 Å². The Labute approximate surface area is 123 Å². The number of likely N-dealkylation sites (tertiary alicyclic amines) is 1. The summed E-state index contributed by atoms with van der Waals surface area (Å²) >= 11 is 0. The van der Waals surface area contributed by atoms with Gasteiger partial charge in [-0.3, -0.25) is 9.59 Å². The van der Waals surface area contributed by atoms with Crippen molar-refractivity contribution in [1.29, 1.82) is 0 Å². The molecule has 1 atom stereocenters. The number of carbonyl (C=O) groups is 2. The van der Waals surface area contributed by atoms with Crippen LogP contribution in [-0.4, -0.2) is 35.8 Å². The molecular weight excluding hydrogens is 271 g/mol. The molecule has 0 aromatic heterocycles. The van der Waals surface area contributed by atoms with Gasteiger partial charge in [0, 0.05) is 31.1 Å². The molecule has 1 N–H and O–H groups in total. The van der Waals surface area contributed by atoms with Crippen molar-refractivity contribution in [3.05, 3.63) is 35.6 Å². The van der Waals surface area contributed by atoms with Crippen LogP contribution in [0.2, 0.25) is 0 Å². The maximum Gasteiger partial charge on any atom is 0.253 e. The van der Waals surface area contributed by atoms with Gasteiger partial charge in [-0.2, -0.15) is 0 Å². The number of nitrogens with zero attached hydrogens (tertiary/aromatic N) is 1. The lowest BCUT2D eigenvalue weighted by Crippen LogP contribution is -2.31. The highest BCUT2D eigenvalue weighted by Gasteiger charge is 2.30. The molecule has 1 aliphatic heterocycles. The Morgan fingerprint density at radius 1 is 1.29 bits per heavy atom. The van der Waals surface area contributed by atoms with Gasteiger partial charge >= 0.3 is 0 Å². The fourth-order valence-corrected chi connectivity index (χ4v) is 2.76. The molecule has 1 heterocycles. The lowest BCUT2D eigenvalue weighted by molar-refractivity contribution is -0.122. The summed E-state index contributed by atoms with van der Waals surface area (Å²) in [7, 11) is 0. The second-order valence-corrected chi connectivity index (χ2v) is 5.96. The summed E-state index contributed by atoms with van der Waals surface area (Å²) in [5, 5.41) is 2.97. The first-order valence-electron chi connectivity index (χ1n) is 7.46. The largest absolute Gasteiger partial charge is 0.353 e. The summed E-state index contributed by atoms with van der Waals surface area (Å²) in [6.45, 7) is 1.21. The second kappa shape index (κ2) is 5.84. The van der Waals surface area contributed by atoms with Gasteiger partial charge in [0.05, 0.1) is 0 Å². The lowest BCUT2D eigenvalue weighted by atomic mass is 10.0. The standard InChI is InChI=1S/C16H19FN2O2/c17-13-3-1-2-12(9-13)16(21)19-7-6-11(10-19)8-15(20)18-14-4-5-14/h1-3,9,11,14H,4-8,10H2,(H,18,20). The zero-order valence-electron chi connectivity index (χ0n) is 11.8. The first-order valence-corrected chi connectivity index (χ1v) is 7.46. The van der Waals surface area contributed by atoms with Crippen LogP contribution in [0.3, 0.4) is 0 Å². The number of hydrogen-bond donors (Lipinski definition) is 1. The Balaban J connectivity index is 1.53. The molecule has 2 amide bonds. The Morgan fingerprint density at radius 2 is 2.10 bits per heavy atom. The monoisotopic (exact) mass is 290 g/mol. The Hall–Kier alpha value is -1.91. The minimum absolute atomic E-state index is 0.0857. The van der Waals surface area contributed by atoms with E-state index in [9.17, 15) is 14.0 Å². The molecule has 1 aromatic carbocycles. The normalized spacial score (nSPS) is 21.4. The molecular formula is C16H19FN2O2. The third-order valence-corrected chi connectivity index (χ3v) is 4.06. The van der Waals surface area contributed by atoms with Gasteiger partial charge in [0.2, 0.25) is 5.91 Å². The molecule has 2 aliphatic rings. The molecule has 1 aromatic rings. The van der Waals surface area contributed by atoms with Crippen LogP contribution in [0.15, 0.2) is 24.3 Å². The summed E-state index contributed by atoms with van der Waals surface area (Å²) in [6, 6.07) is 6.13. The Morgan fingerprint density at radius 3 is 2.81 bits per heavy atom. The summed E-state index contributed by atoms with van der Waals surface area (Å²) in [5.41, 5.74) is 0.373.